The van der Waals surface area contributed by atoms with Crippen LogP contribution in [0.5, 0.6) is 0 Å². The van der Waals surface area contributed by atoms with Crippen molar-refractivity contribution in [3.8, 4) is 0 Å². The number of piperidine rings is 1. The molecule has 0 N–H and O–H groups in total. The van der Waals surface area contributed by atoms with Crippen LogP contribution in [0.25, 0.3) is 0 Å². The Balaban J connectivity index is 1.42. The average molecular weight is 379 g/mol. The van der Waals surface area contributed by atoms with E-state index in [4.69, 9.17) is 9.47 Å². The van der Waals surface area contributed by atoms with Gasteiger partial charge in [-0.1, -0.05) is 0 Å². The number of likely N-dealkylation sites (tertiary alicyclic amines) is 1. The lowest BCUT2D eigenvalue weighted by atomic mass is 9.85. The van der Waals surface area contributed by atoms with E-state index in [2.05, 4.69) is 44.4 Å². The van der Waals surface area contributed by atoms with Crippen molar-refractivity contribution < 1.29 is 9.47 Å². The highest BCUT2D eigenvalue weighted by Crippen LogP contribution is 2.50. The smallest absolute Gasteiger partial charge is 0.0774 e. The number of rotatable bonds is 9. The molecule has 5 atom stereocenters. The molecule has 4 heteroatoms. The zero-order valence-electron chi connectivity index (χ0n) is 18.3. The quantitative estimate of drug-likeness (QED) is 0.604. The van der Waals surface area contributed by atoms with Crippen LogP contribution >= 0.6 is 0 Å². The number of hydrogen-bond donors (Lipinski definition) is 0. The molecule has 3 aliphatic heterocycles. The Morgan fingerprint density at radius 3 is 2.22 bits per heavy atom. The van der Waals surface area contributed by atoms with Gasteiger partial charge in [0.2, 0.25) is 0 Å². The van der Waals surface area contributed by atoms with E-state index in [1.807, 2.05) is 0 Å². The van der Waals surface area contributed by atoms with Gasteiger partial charge in [0, 0.05) is 24.2 Å². The van der Waals surface area contributed by atoms with Crippen LogP contribution in [0.2, 0.25) is 0 Å². The normalized spacial score (nSPS) is 35.0. The molecule has 0 spiro atoms. The van der Waals surface area contributed by atoms with E-state index in [1.165, 1.54) is 64.6 Å². The van der Waals surface area contributed by atoms with Crippen molar-refractivity contribution in [3.63, 3.8) is 0 Å². The van der Waals surface area contributed by atoms with Gasteiger partial charge in [0.15, 0.2) is 0 Å². The molecule has 4 fully saturated rings. The van der Waals surface area contributed by atoms with Crippen LogP contribution < -0.4 is 0 Å². The molecule has 0 aromatic carbocycles. The van der Waals surface area contributed by atoms with Gasteiger partial charge in [-0.25, -0.2) is 0 Å². The van der Waals surface area contributed by atoms with Crippen molar-refractivity contribution in [2.45, 2.75) is 122 Å². The molecule has 4 aliphatic rings. The first-order chi connectivity index (χ1) is 12.9. The first kappa shape index (κ1) is 20.1. The Labute approximate surface area is 166 Å². The molecule has 0 aromatic rings. The van der Waals surface area contributed by atoms with Gasteiger partial charge < -0.3 is 9.47 Å². The second-order valence-corrected chi connectivity index (χ2v) is 10.3. The summed E-state index contributed by atoms with van der Waals surface area (Å²) in [7, 11) is 0. The Morgan fingerprint density at radius 2 is 1.59 bits per heavy atom. The molecule has 156 valence electrons. The van der Waals surface area contributed by atoms with Crippen molar-refractivity contribution >= 4 is 0 Å². The third-order valence-electron chi connectivity index (χ3n) is 7.70. The number of hydrogen-bond acceptors (Lipinski definition) is 4. The van der Waals surface area contributed by atoms with Crippen molar-refractivity contribution in [1.82, 2.24) is 9.80 Å². The molecule has 4 nitrogen and oxygen atoms in total. The Morgan fingerprint density at radius 1 is 0.926 bits per heavy atom. The summed E-state index contributed by atoms with van der Waals surface area (Å²) in [5.74, 6) is 0.935. The molecule has 0 aromatic heterocycles. The van der Waals surface area contributed by atoms with E-state index in [9.17, 15) is 0 Å². The van der Waals surface area contributed by atoms with E-state index in [-0.39, 0.29) is 0 Å². The summed E-state index contributed by atoms with van der Waals surface area (Å²) in [6.07, 6.45) is 10.7. The highest BCUT2D eigenvalue weighted by molar-refractivity contribution is 5.09. The standard InChI is InChI=1S/C23H42N2O2/c1-16(2)26-18(5)20-14-19-15-21(19)25(20)13-8-22(27-17(3)4)23-9-6-11-24(23)12-7-10-23/h16-22H,6-15H2,1-5H3/t18-,19+,20-,21-,22?/m0/s1. The van der Waals surface area contributed by atoms with Crippen LogP contribution in [0.15, 0.2) is 0 Å². The Hall–Kier alpha value is -0.160. The molecule has 0 radical (unpaired) electrons. The summed E-state index contributed by atoms with van der Waals surface area (Å²) < 4.78 is 12.8. The molecule has 1 unspecified atom stereocenters. The number of fused-ring (bicyclic) bond motifs is 2. The average Bonchev–Trinajstić information content (AvgIpc) is 2.93. The Bertz CT molecular complexity index is 499. The van der Waals surface area contributed by atoms with Gasteiger partial charge in [0.25, 0.3) is 0 Å². The lowest BCUT2D eigenvalue weighted by Crippen LogP contribution is -2.52. The molecule has 1 saturated carbocycles. The summed E-state index contributed by atoms with van der Waals surface area (Å²) in [5.41, 5.74) is 0.336. The lowest BCUT2D eigenvalue weighted by Gasteiger charge is -2.42. The molecule has 3 saturated heterocycles. The van der Waals surface area contributed by atoms with Crippen LogP contribution in [0, 0.1) is 5.92 Å². The maximum absolute atomic E-state index is 6.61. The predicted molar refractivity (Wildman–Crippen MR) is 110 cm³/mol. The minimum atomic E-state index is 0.318. The maximum Gasteiger partial charge on any atom is 0.0774 e. The van der Waals surface area contributed by atoms with E-state index in [0.717, 1.165) is 12.0 Å². The Kier molecular flexibility index (Phi) is 5.91. The second-order valence-electron chi connectivity index (χ2n) is 10.3. The fourth-order valence-electron chi connectivity index (χ4n) is 6.63. The van der Waals surface area contributed by atoms with Crippen LogP contribution in [0.4, 0.5) is 0 Å². The van der Waals surface area contributed by atoms with Gasteiger partial charge in [0.05, 0.1) is 24.4 Å². The van der Waals surface area contributed by atoms with Crippen molar-refractivity contribution in [1.29, 1.82) is 0 Å². The molecule has 1 aliphatic carbocycles. The lowest BCUT2D eigenvalue weighted by molar-refractivity contribution is -0.0824. The SMILES string of the molecule is CC(C)OC(CCN1[C@H]2C[C@H]2C[C@H]1[C@H](C)OC(C)C)C12CCCN1CCC2. The summed E-state index contributed by atoms with van der Waals surface area (Å²) in [4.78, 5) is 5.57. The fourth-order valence-corrected chi connectivity index (χ4v) is 6.63. The predicted octanol–water partition coefficient (Wildman–Crippen LogP) is 4.07. The molecule has 4 rings (SSSR count). The van der Waals surface area contributed by atoms with Crippen LogP contribution in [-0.2, 0) is 9.47 Å². The third kappa shape index (κ3) is 3.97. The first-order valence-corrected chi connectivity index (χ1v) is 11.7. The molecular weight excluding hydrogens is 336 g/mol. The van der Waals surface area contributed by atoms with Gasteiger partial charge in [-0.15, -0.1) is 0 Å². The summed E-state index contributed by atoms with van der Waals surface area (Å²) in [6.45, 7) is 14.8. The fraction of sp³-hybridized carbons (Fsp3) is 1.00. The van der Waals surface area contributed by atoms with E-state index in [1.54, 1.807) is 0 Å². The highest BCUT2D eigenvalue weighted by atomic mass is 16.5. The van der Waals surface area contributed by atoms with E-state index >= 15 is 0 Å². The second kappa shape index (κ2) is 7.93. The van der Waals surface area contributed by atoms with E-state index in [0.29, 0.717) is 36.0 Å². The minimum Gasteiger partial charge on any atom is -0.374 e. The molecule has 0 amide bonds. The van der Waals surface area contributed by atoms with Gasteiger partial charge in [-0.2, -0.15) is 0 Å². The molecule has 27 heavy (non-hydrogen) atoms. The maximum atomic E-state index is 6.61. The van der Waals surface area contributed by atoms with Gasteiger partial charge in [-0.05, 0) is 98.6 Å². The van der Waals surface area contributed by atoms with Crippen LogP contribution in [-0.4, -0.2) is 71.5 Å². The largest absolute Gasteiger partial charge is 0.374 e. The zero-order valence-corrected chi connectivity index (χ0v) is 18.3. The summed E-state index contributed by atoms with van der Waals surface area (Å²) >= 11 is 0. The van der Waals surface area contributed by atoms with Gasteiger partial charge in [-0.3, -0.25) is 9.80 Å². The van der Waals surface area contributed by atoms with Crippen LogP contribution in [0.1, 0.15) is 79.6 Å². The monoisotopic (exact) mass is 378 g/mol. The molecule has 0 bridgehead atoms. The third-order valence-corrected chi connectivity index (χ3v) is 7.70. The van der Waals surface area contributed by atoms with Crippen molar-refractivity contribution in [3.05, 3.63) is 0 Å². The number of ether oxygens (including phenoxy) is 2. The topological polar surface area (TPSA) is 24.9 Å². The minimum absolute atomic E-state index is 0.318. The first-order valence-electron chi connectivity index (χ1n) is 11.7. The van der Waals surface area contributed by atoms with E-state index < -0.39 is 0 Å². The van der Waals surface area contributed by atoms with Crippen molar-refractivity contribution in [2.24, 2.45) is 5.92 Å². The van der Waals surface area contributed by atoms with Gasteiger partial charge >= 0.3 is 0 Å². The van der Waals surface area contributed by atoms with Gasteiger partial charge in [0.1, 0.15) is 0 Å². The summed E-state index contributed by atoms with van der Waals surface area (Å²) in [5, 5.41) is 0. The molecular formula is C23H42N2O2. The molecule has 3 heterocycles. The van der Waals surface area contributed by atoms with Crippen LogP contribution in [0.3, 0.4) is 0 Å². The number of nitrogens with zero attached hydrogens (tertiary/aromatic N) is 2. The summed E-state index contributed by atoms with van der Waals surface area (Å²) in [6, 6.07) is 1.44. The van der Waals surface area contributed by atoms with Crippen molar-refractivity contribution in [2.75, 3.05) is 19.6 Å². The zero-order chi connectivity index (χ0) is 19.2. The highest BCUT2D eigenvalue weighted by Gasteiger charge is 2.55.